The van der Waals surface area contributed by atoms with E-state index in [0.29, 0.717) is 6.07 Å². The molecule has 4 rings (SSSR count). The number of carbonyl (C=O) groups is 1. The number of benzene rings is 3. The second-order valence-corrected chi connectivity index (χ2v) is 12.7. The molecule has 1 aliphatic rings. The van der Waals surface area contributed by atoms with Crippen molar-refractivity contribution >= 4 is 34.8 Å². The third-order valence-electron chi connectivity index (χ3n) is 7.52. The lowest BCUT2D eigenvalue weighted by Crippen LogP contribution is -2.45. The number of halogens is 7. The first-order chi connectivity index (χ1) is 20.9. The standard InChI is InChI=1S/C31H28Cl2F5N3O4/c1-29(2,3)13-23-30(14-39,18-9-8-16(32)12-20(18)34)24(17-5-4-6-19(33)25(17)35)26(41-23)27(42)40-21-10-7-15(28(43)44)11-22(21)45-31(36,37)38/h4-12,23-24,26,28,41,43-44H,13H2,1-3H3,(H,40,42)/t23-,24-,26+,30-/m0/s1. The molecule has 0 aliphatic carbocycles. The molecule has 3 aromatic rings. The summed E-state index contributed by atoms with van der Waals surface area (Å²) in [5, 5.41) is 34.9. The Morgan fingerprint density at radius 3 is 2.38 bits per heavy atom. The number of alkyl halides is 3. The van der Waals surface area contributed by atoms with E-state index in [-0.39, 0.29) is 33.2 Å². The number of anilines is 1. The van der Waals surface area contributed by atoms with E-state index >= 15 is 8.78 Å². The van der Waals surface area contributed by atoms with Crippen molar-refractivity contribution in [3.63, 3.8) is 0 Å². The van der Waals surface area contributed by atoms with Crippen molar-refractivity contribution in [3.8, 4) is 11.8 Å². The fraction of sp³-hybridized carbons (Fsp3) is 0.355. The number of amides is 1. The lowest BCUT2D eigenvalue weighted by Gasteiger charge is -2.37. The molecule has 0 bridgehead atoms. The zero-order valence-corrected chi connectivity index (χ0v) is 25.5. The molecule has 0 spiro atoms. The fourth-order valence-electron chi connectivity index (χ4n) is 5.78. The monoisotopic (exact) mass is 671 g/mol. The van der Waals surface area contributed by atoms with Gasteiger partial charge in [-0.15, -0.1) is 13.2 Å². The van der Waals surface area contributed by atoms with Crippen LogP contribution in [0.25, 0.3) is 0 Å². The summed E-state index contributed by atoms with van der Waals surface area (Å²) in [7, 11) is 0. The van der Waals surface area contributed by atoms with Gasteiger partial charge in [0.25, 0.3) is 0 Å². The topological polar surface area (TPSA) is 115 Å². The van der Waals surface area contributed by atoms with E-state index < -0.39 is 70.5 Å². The normalized spacial score (nSPS) is 21.9. The van der Waals surface area contributed by atoms with Crippen LogP contribution >= 0.6 is 23.2 Å². The molecular weight excluding hydrogens is 644 g/mol. The minimum absolute atomic E-state index is 0.0242. The molecule has 240 valence electrons. The van der Waals surface area contributed by atoms with E-state index in [0.717, 1.165) is 18.2 Å². The summed E-state index contributed by atoms with van der Waals surface area (Å²) in [6, 6.07) is 9.86. The van der Waals surface area contributed by atoms with Crippen molar-refractivity contribution in [3.05, 3.63) is 93.0 Å². The maximum absolute atomic E-state index is 15.8. The van der Waals surface area contributed by atoms with E-state index in [1.807, 2.05) is 20.8 Å². The van der Waals surface area contributed by atoms with Crippen LogP contribution in [0.1, 0.15) is 56.1 Å². The summed E-state index contributed by atoms with van der Waals surface area (Å²) in [5.41, 5.74) is -3.78. The minimum Gasteiger partial charge on any atom is -0.404 e. The minimum atomic E-state index is -5.23. The molecule has 1 fully saturated rings. The van der Waals surface area contributed by atoms with Crippen LogP contribution in [0.5, 0.6) is 5.75 Å². The highest BCUT2D eigenvalue weighted by molar-refractivity contribution is 6.31. The summed E-state index contributed by atoms with van der Waals surface area (Å²) < 4.78 is 75.4. The maximum atomic E-state index is 15.8. The smallest absolute Gasteiger partial charge is 0.404 e. The van der Waals surface area contributed by atoms with Crippen LogP contribution in [0.2, 0.25) is 10.0 Å². The number of hydrogen-bond donors (Lipinski definition) is 4. The van der Waals surface area contributed by atoms with Gasteiger partial charge in [0.2, 0.25) is 5.91 Å². The van der Waals surface area contributed by atoms with Gasteiger partial charge in [-0.3, -0.25) is 4.79 Å². The van der Waals surface area contributed by atoms with E-state index in [2.05, 4.69) is 21.4 Å². The predicted molar refractivity (Wildman–Crippen MR) is 157 cm³/mol. The number of aliphatic hydroxyl groups is 2. The first kappa shape index (κ1) is 34.4. The Bertz CT molecular complexity index is 1640. The Morgan fingerprint density at radius 2 is 1.80 bits per heavy atom. The molecule has 1 saturated heterocycles. The van der Waals surface area contributed by atoms with Gasteiger partial charge in [-0.05, 0) is 47.7 Å². The Kier molecular flexibility index (Phi) is 9.73. The van der Waals surface area contributed by atoms with Crippen molar-refractivity contribution in [2.75, 3.05) is 5.32 Å². The van der Waals surface area contributed by atoms with E-state index in [1.165, 1.54) is 30.3 Å². The first-order valence-electron chi connectivity index (χ1n) is 13.5. The van der Waals surface area contributed by atoms with Gasteiger partial charge >= 0.3 is 6.36 Å². The molecule has 1 heterocycles. The number of ether oxygens (including phenoxy) is 1. The van der Waals surface area contributed by atoms with Crippen LogP contribution in [-0.2, 0) is 10.2 Å². The van der Waals surface area contributed by atoms with Crippen molar-refractivity contribution in [2.24, 2.45) is 5.41 Å². The largest absolute Gasteiger partial charge is 0.573 e. The van der Waals surface area contributed by atoms with Gasteiger partial charge in [0, 0.05) is 28.1 Å². The molecule has 1 amide bonds. The number of aliphatic hydroxyl groups excluding tert-OH is 1. The van der Waals surface area contributed by atoms with E-state index in [1.54, 1.807) is 0 Å². The number of hydrogen-bond acceptors (Lipinski definition) is 6. The van der Waals surface area contributed by atoms with Crippen molar-refractivity contribution in [1.29, 1.82) is 5.26 Å². The zero-order valence-electron chi connectivity index (χ0n) is 24.0. The van der Waals surface area contributed by atoms with Gasteiger partial charge in [-0.2, -0.15) is 5.26 Å². The maximum Gasteiger partial charge on any atom is 0.573 e. The van der Waals surface area contributed by atoms with Gasteiger partial charge in [-0.25, -0.2) is 8.78 Å². The molecule has 0 unspecified atom stereocenters. The van der Waals surface area contributed by atoms with Gasteiger partial charge in [-0.1, -0.05) is 68.2 Å². The molecule has 0 radical (unpaired) electrons. The lowest BCUT2D eigenvalue weighted by atomic mass is 9.62. The number of rotatable bonds is 7. The summed E-state index contributed by atoms with van der Waals surface area (Å²) >= 11 is 12.1. The number of nitrogens with one attached hydrogen (secondary N) is 2. The van der Waals surface area contributed by atoms with Crippen LogP contribution in [0.15, 0.2) is 54.6 Å². The Labute approximate surface area is 265 Å². The highest BCUT2D eigenvalue weighted by Gasteiger charge is 2.61. The predicted octanol–water partition coefficient (Wildman–Crippen LogP) is 7.11. The molecule has 4 atom stereocenters. The molecule has 45 heavy (non-hydrogen) atoms. The van der Waals surface area contributed by atoms with Crippen LogP contribution in [0, 0.1) is 28.4 Å². The van der Waals surface area contributed by atoms with E-state index in [4.69, 9.17) is 23.2 Å². The first-order valence-corrected chi connectivity index (χ1v) is 14.3. The van der Waals surface area contributed by atoms with Gasteiger partial charge < -0.3 is 25.6 Å². The average molecular weight is 672 g/mol. The van der Waals surface area contributed by atoms with Gasteiger partial charge in [0.05, 0.1) is 22.8 Å². The zero-order chi connectivity index (χ0) is 33.5. The highest BCUT2D eigenvalue weighted by Crippen LogP contribution is 2.53. The molecule has 7 nitrogen and oxygen atoms in total. The van der Waals surface area contributed by atoms with Crippen LogP contribution in [-0.4, -0.2) is 34.6 Å². The fourth-order valence-corrected chi connectivity index (χ4v) is 6.12. The van der Waals surface area contributed by atoms with Crippen LogP contribution < -0.4 is 15.4 Å². The number of carbonyl (C=O) groups excluding carboxylic acids is 1. The molecular formula is C31H28Cl2F5N3O4. The third-order valence-corrected chi connectivity index (χ3v) is 8.05. The quantitative estimate of drug-likeness (QED) is 0.157. The average Bonchev–Trinajstić information content (AvgIpc) is 3.23. The number of nitrogens with zero attached hydrogens (tertiary/aromatic N) is 1. The number of nitriles is 1. The summed E-state index contributed by atoms with van der Waals surface area (Å²) in [6.07, 6.45) is -7.21. The van der Waals surface area contributed by atoms with Crippen molar-refractivity contribution in [1.82, 2.24) is 5.32 Å². The van der Waals surface area contributed by atoms with Crippen LogP contribution in [0.4, 0.5) is 27.6 Å². The van der Waals surface area contributed by atoms with E-state index in [9.17, 15) is 33.4 Å². The van der Waals surface area contributed by atoms with Gasteiger partial charge in [0.15, 0.2) is 12.0 Å². The molecule has 0 aromatic heterocycles. The highest BCUT2D eigenvalue weighted by atomic mass is 35.5. The second kappa shape index (κ2) is 12.7. The summed E-state index contributed by atoms with van der Waals surface area (Å²) in [5.74, 6) is -5.33. The second-order valence-electron chi connectivity index (χ2n) is 11.9. The Morgan fingerprint density at radius 1 is 1.11 bits per heavy atom. The molecule has 3 aromatic carbocycles. The third kappa shape index (κ3) is 7.18. The molecule has 14 heteroatoms. The van der Waals surface area contributed by atoms with Crippen molar-refractivity contribution < 1.29 is 41.7 Å². The molecule has 0 saturated carbocycles. The molecule has 1 aliphatic heterocycles. The van der Waals surface area contributed by atoms with Gasteiger partial charge in [0.1, 0.15) is 17.0 Å². The summed E-state index contributed by atoms with van der Waals surface area (Å²) in [4.78, 5) is 14.0. The lowest BCUT2D eigenvalue weighted by molar-refractivity contribution is -0.274. The summed E-state index contributed by atoms with van der Waals surface area (Å²) in [6.45, 7) is 5.53. The SMILES string of the molecule is CC(C)(C)C[C@@H]1N[C@@H](C(=O)Nc2ccc(C(O)O)cc2OC(F)(F)F)[C@H](c2cccc(Cl)c2F)[C@@]1(C#N)c1ccc(Cl)cc1F. The van der Waals surface area contributed by atoms with Crippen LogP contribution in [0.3, 0.4) is 0 Å². The Hall–Kier alpha value is -3.47. The van der Waals surface area contributed by atoms with Crippen molar-refractivity contribution in [2.45, 2.75) is 63.3 Å². The Balaban J connectivity index is 1.94. The molecule has 4 N–H and O–H groups in total.